The fourth-order valence-electron chi connectivity index (χ4n) is 1.95. The van der Waals surface area contributed by atoms with Crippen LogP contribution >= 0.6 is 0 Å². The molecule has 8 nitrogen and oxygen atoms in total. The second kappa shape index (κ2) is 4.10. The zero-order valence-electron chi connectivity index (χ0n) is 9.42. The number of aliphatic hydroxyl groups is 1. The Balaban J connectivity index is 2.73. The molecule has 4 N–H and O–H groups in total. The molecule has 2 atom stereocenters. The predicted molar refractivity (Wildman–Crippen MR) is 65.6 cm³/mol. The Hall–Kier alpha value is -1.81. The summed E-state index contributed by atoms with van der Waals surface area (Å²) in [6.07, 6.45) is 0.708. The summed E-state index contributed by atoms with van der Waals surface area (Å²) >= 11 is 0. The average molecular weight is 286 g/mol. The molecule has 0 aromatic heterocycles. The van der Waals surface area contributed by atoms with Gasteiger partial charge in [0.25, 0.3) is 15.8 Å². The van der Waals surface area contributed by atoms with Gasteiger partial charge in [0.2, 0.25) is 0 Å². The second-order valence-corrected chi connectivity index (χ2v) is 5.73. The number of nitrogens with two attached hydrogens (primary N) is 1. The monoisotopic (exact) mass is 286 g/mol. The minimum atomic E-state index is -4.81. The van der Waals surface area contributed by atoms with Crippen molar-refractivity contribution in [2.75, 3.05) is 0 Å². The van der Waals surface area contributed by atoms with E-state index in [9.17, 15) is 28.2 Å². The van der Waals surface area contributed by atoms with Crippen LogP contribution in [0.2, 0.25) is 0 Å². The van der Waals surface area contributed by atoms with E-state index >= 15 is 0 Å². The number of hydrogen-bond acceptors (Lipinski definition) is 6. The van der Waals surface area contributed by atoms with Crippen LogP contribution in [0, 0.1) is 10.1 Å². The van der Waals surface area contributed by atoms with Gasteiger partial charge in [-0.25, -0.2) is 0 Å². The summed E-state index contributed by atoms with van der Waals surface area (Å²) in [5.41, 5.74) is 5.41. The molecular weight excluding hydrogens is 276 g/mol. The largest absolute Gasteiger partial charge is 0.386 e. The van der Waals surface area contributed by atoms with Gasteiger partial charge in [-0.1, -0.05) is 12.2 Å². The molecule has 0 saturated carbocycles. The minimum Gasteiger partial charge on any atom is -0.386 e. The first-order valence-corrected chi connectivity index (χ1v) is 6.53. The van der Waals surface area contributed by atoms with Crippen molar-refractivity contribution < 1.29 is 23.0 Å². The lowest BCUT2D eigenvalue weighted by molar-refractivity contribution is -0.384. The summed E-state index contributed by atoms with van der Waals surface area (Å²) in [4.78, 5) is 7.56. The third kappa shape index (κ3) is 1.92. The molecule has 1 aliphatic rings. The number of nitro groups is 1. The quantitative estimate of drug-likeness (QED) is 0.393. The van der Waals surface area contributed by atoms with E-state index in [1.54, 1.807) is 0 Å². The first kappa shape index (κ1) is 13.6. The van der Waals surface area contributed by atoms with E-state index in [-0.39, 0.29) is 16.8 Å². The number of hydrogen-bond donors (Lipinski definition) is 3. The van der Waals surface area contributed by atoms with Crippen molar-refractivity contribution in [1.29, 1.82) is 0 Å². The summed E-state index contributed by atoms with van der Waals surface area (Å²) in [5, 5.41) is 20.3. The van der Waals surface area contributed by atoms with Gasteiger partial charge in [0, 0.05) is 17.7 Å². The first-order chi connectivity index (χ1) is 8.68. The normalized spacial score (nSPS) is 25.9. The van der Waals surface area contributed by atoms with Crippen LogP contribution in [-0.4, -0.2) is 29.1 Å². The van der Waals surface area contributed by atoms with E-state index in [4.69, 9.17) is 5.73 Å². The minimum absolute atomic E-state index is 0.101. The molecule has 2 unspecified atom stereocenters. The van der Waals surface area contributed by atoms with Crippen molar-refractivity contribution >= 4 is 21.9 Å². The van der Waals surface area contributed by atoms with E-state index in [0.29, 0.717) is 0 Å². The van der Waals surface area contributed by atoms with Crippen molar-refractivity contribution in [2.45, 2.75) is 11.0 Å². The molecule has 1 aliphatic carbocycles. The fourth-order valence-corrected chi connectivity index (χ4v) is 2.79. The zero-order chi connectivity index (χ0) is 14.4. The third-order valence-electron chi connectivity index (χ3n) is 2.99. The van der Waals surface area contributed by atoms with Gasteiger partial charge >= 0.3 is 0 Å². The first-order valence-electron chi connectivity index (χ1n) is 5.09. The Bertz CT molecular complexity index is 683. The Labute approximate surface area is 108 Å². The highest BCUT2D eigenvalue weighted by atomic mass is 32.2. The van der Waals surface area contributed by atoms with Gasteiger partial charge < -0.3 is 10.8 Å². The summed E-state index contributed by atoms with van der Waals surface area (Å²) in [7, 11) is -4.81. The van der Waals surface area contributed by atoms with E-state index < -0.39 is 26.0 Å². The number of nitrogens with zero attached hydrogens (tertiary/aromatic N) is 1. The number of rotatable bonds is 2. The van der Waals surface area contributed by atoms with Gasteiger partial charge in [-0.15, -0.1) is 0 Å². The topological polar surface area (TPSA) is 144 Å². The molecule has 19 heavy (non-hydrogen) atoms. The van der Waals surface area contributed by atoms with Crippen molar-refractivity contribution in [1.82, 2.24) is 0 Å². The van der Waals surface area contributed by atoms with Crippen molar-refractivity contribution in [3.05, 3.63) is 45.5 Å². The Morgan fingerprint density at radius 3 is 2.58 bits per heavy atom. The molecule has 0 saturated heterocycles. The van der Waals surface area contributed by atoms with E-state index in [0.717, 1.165) is 24.3 Å². The number of aliphatic hydroxyl groups excluding tert-OH is 1. The van der Waals surface area contributed by atoms with Gasteiger partial charge in [-0.05, 0) is 11.6 Å². The maximum absolute atomic E-state index is 11.4. The van der Waals surface area contributed by atoms with Crippen LogP contribution in [0.25, 0.3) is 6.08 Å². The highest BCUT2D eigenvalue weighted by molar-refractivity contribution is 7.86. The van der Waals surface area contributed by atoms with Crippen LogP contribution in [0.3, 0.4) is 0 Å². The molecule has 2 rings (SSSR count). The molecule has 1 aromatic rings. The SMILES string of the molecule is NC1(S(=O)(=O)O)c2ccc([N+](=O)[O-])cc2C=CC1O. The Kier molecular flexibility index (Phi) is 2.94. The highest BCUT2D eigenvalue weighted by Gasteiger charge is 2.49. The van der Waals surface area contributed by atoms with Crippen LogP contribution in [0.1, 0.15) is 11.1 Å². The number of non-ortho nitro benzene ring substituents is 1. The highest BCUT2D eigenvalue weighted by Crippen LogP contribution is 2.37. The summed E-state index contributed by atoms with van der Waals surface area (Å²) in [6.45, 7) is 0. The number of fused-ring (bicyclic) bond motifs is 1. The van der Waals surface area contributed by atoms with Gasteiger partial charge in [0.15, 0.2) is 4.87 Å². The molecule has 0 heterocycles. The van der Waals surface area contributed by atoms with Gasteiger partial charge in [0.1, 0.15) is 6.10 Å². The van der Waals surface area contributed by atoms with Crippen LogP contribution < -0.4 is 5.73 Å². The van der Waals surface area contributed by atoms with Gasteiger partial charge in [0.05, 0.1) is 4.92 Å². The second-order valence-electron chi connectivity index (χ2n) is 4.10. The summed E-state index contributed by atoms with van der Waals surface area (Å²) < 4.78 is 32.0. The fraction of sp³-hybridized carbons (Fsp3) is 0.200. The zero-order valence-corrected chi connectivity index (χ0v) is 10.2. The van der Waals surface area contributed by atoms with E-state index in [1.807, 2.05) is 0 Å². The summed E-state index contributed by atoms with van der Waals surface area (Å²) in [5.74, 6) is 0. The molecule has 0 radical (unpaired) electrons. The number of nitro benzene ring substituents is 1. The molecule has 0 fully saturated rings. The lowest BCUT2D eigenvalue weighted by atomic mass is 9.90. The van der Waals surface area contributed by atoms with Crippen LogP contribution in [0.5, 0.6) is 0 Å². The van der Waals surface area contributed by atoms with Crippen LogP contribution in [0.4, 0.5) is 5.69 Å². The smallest absolute Gasteiger partial charge is 0.291 e. The van der Waals surface area contributed by atoms with E-state index in [1.165, 1.54) is 6.08 Å². The lowest BCUT2D eigenvalue weighted by Crippen LogP contribution is -2.54. The third-order valence-corrected chi connectivity index (χ3v) is 4.31. The molecule has 1 aromatic carbocycles. The standard InChI is InChI=1S/C10H10N2O6S/c11-10(19(16,17)18)8-3-2-7(12(14)15)5-6(8)1-4-9(10)13/h1-5,9,13H,11H2,(H,16,17,18). The Morgan fingerprint density at radius 2 is 2.05 bits per heavy atom. The summed E-state index contributed by atoms with van der Waals surface area (Å²) in [6, 6.07) is 3.27. The van der Waals surface area contributed by atoms with Crippen molar-refractivity contribution in [2.24, 2.45) is 5.73 Å². The molecule has 0 spiro atoms. The molecule has 102 valence electrons. The van der Waals surface area contributed by atoms with Crippen molar-refractivity contribution in [3.63, 3.8) is 0 Å². The molecule has 0 aliphatic heterocycles. The maximum Gasteiger partial charge on any atom is 0.291 e. The van der Waals surface area contributed by atoms with Crippen LogP contribution in [0.15, 0.2) is 24.3 Å². The van der Waals surface area contributed by atoms with Crippen LogP contribution in [-0.2, 0) is 15.0 Å². The van der Waals surface area contributed by atoms with E-state index in [2.05, 4.69) is 0 Å². The number of benzene rings is 1. The van der Waals surface area contributed by atoms with Gasteiger partial charge in [-0.2, -0.15) is 8.42 Å². The van der Waals surface area contributed by atoms with Gasteiger partial charge in [-0.3, -0.25) is 14.7 Å². The molecule has 0 amide bonds. The average Bonchev–Trinajstić information content (AvgIpc) is 2.32. The predicted octanol–water partition coefficient (Wildman–Crippen LogP) is -0.0182. The molecule has 0 bridgehead atoms. The Morgan fingerprint density at radius 1 is 1.42 bits per heavy atom. The molecule has 9 heteroatoms. The maximum atomic E-state index is 11.4. The molecular formula is C10H10N2O6S. The lowest BCUT2D eigenvalue weighted by Gasteiger charge is -2.33. The van der Waals surface area contributed by atoms with Crippen molar-refractivity contribution in [3.8, 4) is 0 Å².